The predicted octanol–water partition coefficient (Wildman–Crippen LogP) is 2.96. The van der Waals surface area contributed by atoms with Gasteiger partial charge in [-0.15, -0.1) is 5.10 Å². The highest BCUT2D eigenvalue weighted by Crippen LogP contribution is 2.33. The molecule has 5 rings (SSSR count). The number of carbonyl (C=O) groups is 1. The normalized spacial score (nSPS) is 16.2. The molecule has 0 radical (unpaired) electrons. The van der Waals surface area contributed by atoms with E-state index in [1.54, 1.807) is 10.9 Å². The second-order valence-electron chi connectivity index (χ2n) is 7.46. The number of aromatic nitrogens is 4. The molecule has 2 aromatic heterocycles. The minimum absolute atomic E-state index is 0.00424. The van der Waals surface area contributed by atoms with E-state index in [-0.39, 0.29) is 12.0 Å². The van der Waals surface area contributed by atoms with Crippen LogP contribution in [-0.4, -0.2) is 36.9 Å². The third-order valence-corrected chi connectivity index (χ3v) is 5.42. The van der Waals surface area contributed by atoms with Crippen LogP contribution in [0, 0.1) is 0 Å². The molecule has 0 N–H and O–H groups in total. The summed E-state index contributed by atoms with van der Waals surface area (Å²) in [7, 11) is 1.85. The van der Waals surface area contributed by atoms with Crippen LogP contribution in [0.25, 0.3) is 11.3 Å². The van der Waals surface area contributed by atoms with Gasteiger partial charge in [0.15, 0.2) is 0 Å². The molecule has 3 aromatic rings. The van der Waals surface area contributed by atoms with Crippen LogP contribution in [-0.2, 0) is 20.1 Å². The first-order chi connectivity index (χ1) is 13.7. The highest BCUT2D eigenvalue weighted by Gasteiger charge is 2.33. The molecule has 142 valence electrons. The fourth-order valence-corrected chi connectivity index (χ4v) is 3.62. The lowest BCUT2D eigenvalue weighted by Crippen LogP contribution is -2.27. The Morgan fingerprint density at radius 3 is 2.68 bits per heavy atom. The quantitative estimate of drug-likeness (QED) is 0.685. The number of rotatable bonds is 5. The molecule has 1 aliphatic heterocycles. The number of hydrogen-bond acceptors (Lipinski definition) is 5. The predicted molar refractivity (Wildman–Crippen MR) is 103 cm³/mol. The van der Waals surface area contributed by atoms with Crippen LogP contribution < -0.4 is 4.74 Å². The van der Waals surface area contributed by atoms with Crippen molar-refractivity contribution in [2.24, 2.45) is 7.05 Å². The molecule has 7 heteroatoms. The number of aryl methyl sites for hydroxylation is 1. The van der Waals surface area contributed by atoms with E-state index in [9.17, 15) is 4.79 Å². The molecule has 28 heavy (non-hydrogen) atoms. The Bertz CT molecular complexity index is 1020. The van der Waals surface area contributed by atoms with Gasteiger partial charge in [0, 0.05) is 31.9 Å². The summed E-state index contributed by atoms with van der Waals surface area (Å²) < 4.78 is 7.64. The summed E-state index contributed by atoms with van der Waals surface area (Å²) >= 11 is 0. The maximum Gasteiger partial charge on any atom is 0.260 e. The van der Waals surface area contributed by atoms with Crippen LogP contribution in [0.15, 0.2) is 42.7 Å². The minimum Gasteiger partial charge on any atom is -0.474 e. The van der Waals surface area contributed by atoms with Gasteiger partial charge in [0.1, 0.15) is 17.4 Å². The van der Waals surface area contributed by atoms with E-state index in [1.807, 2.05) is 48.5 Å². The number of carbonyl (C=O) groups excluding carboxylic acids is 1. The smallest absolute Gasteiger partial charge is 0.260 e. The Morgan fingerprint density at radius 2 is 2.00 bits per heavy atom. The standard InChI is InChI=1S/C21H21N5O2/c1-25-13-18(23-24-25)15-7-5-14(6-8-15)11-26-12-16-9-10-22-20(19(16)21(26)27)28-17-3-2-4-17/h5-10,13,17H,2-4,11-12H2,1H3. The van der Waals surface area contributed by atoms with Crippen LogP contribution in [0.1, 0.15) is 40.7 Å². The van der Waals surface area contributed by atoms with Crippen molar-refractivity contribution < 1.29 is 9.53 Å². The molecule has 0 atom stereocenters. The molecule has 0 bridgehead atoms. The molecule has 7 nitrogen and oxygen atoms in total. The van der Waals surface area contributed by atoms with Gasteiger partial charge in [-0.3, -0.25) is 9.48 Å². The van der Waals surface area contributed by atoms with Crippen LogP contribution in [0.2, 0.25) is 0 Å². The van der Waals surface area contributed by atoms with Gasteiger partial charge in [-0.1, -0.05) is 29.5 Å². The fourth-order valence-electron chi connectivity index (χ4n) is 3.62. The molecule has 3 heterocycles. The van der Waals surface area contributed by atoms with Crippen molar-refractivity contribution in [1.29, 1.82) is 0 Å². The number of ether oxygens (including phenoxy) is 1. The number of hydrogen-bond donors (Lipinski definition) is 0. The van der Waals surface area contributed by atoms with Crippen LogP contribution in [0.5, 0.6) is 5.88 Å². The molecule has 1 aromatic carbocycles. The largest absolute Gasteiger partial charge is 0.474 e. The van der Waals surface area contributed by atoms with Crippen molar-refractivity contribution in [1.82, 2.24) is 24.9 Å². The zero-order valence-corrected chi connectivity index (χ0v) is 15.7. The van der Waals surface area contributed by atoms with E-state index in [1.165, 1.54) is 6.42 Å². The Labute approximate surface area is 163 Å². The summed E-state index contributed by atoms with van der Waals surface area (Å²) in [4.78, 5) is 19.2. The zero-order chi connectivity index (χ0) is 19.1. The van der Waals surface area contributed by atoms with E-state index in [2.05, 4.69) is 15.3 Å². The Balaban J connectivity index is 1.32. The second-order valence-corrected chi connectivity index (χ2v) is 7.46. The van der Waals surface area contributed by atoms with E-state index < -0.39 is 0 Å². The molecule has 0 unspecified atom stereocenters. The summed E-state index contributed by atoms with van der Waals surface area (Å²) in [6.45, 7) is 1.14. The zero-order valence-electron chi connectivity index (χ0n) is 15.7. The first-order valence-electron chi connectivity index (χ1n) is 9.57. The molecular weight excluding hydrogens is 354 g/mol. The Hall–Kier alpha value is -3.22. The molecule has 0 saturated heterocycles. The van der Waals surface area contributed by atoms with Gasteiger partial charge in [0.25, 0.3) is 5.91 Å². The topological polar surface area (TPSA) is 73.1 Å². The lowest BCUT2D eigenvalue weighted by Gasteiger charge is -2.26. The third-order valence-electron chi connectivity index (χ3n) is 5.42. The lowest BCUT2D eigenvalue weighted by molar-refractivity contribution is 0.0750. The van der Waals surface area contributed by atoms with Crippen molar-refractivity contribution in [3.8, 4) is 17.1 Å². The van der Waals surface area contributed by atoms with E-state index in [0.29, 0.717) is 24.5 Å². The average molecular weight is 375 g/mol. The van der Waals surface area contributed by atoms with Gasteiger partial charge in [-0.05, 0) is 36.5 Å². The van der Waals surface area contributed by atoms with E-state index in [0.717, 1.165) is 35.2 Å². The summed E-state index contributed by atoms with van der Waals surface area (Å²) in [5.74, 6) is 0.489. The van der Waals surface area contributed by atoms with Crippen molar-refractivity contribution in [2.45, 2.75) is 38.5 Å². The molecule has 1 amide bonds. The number of amides is 1. The third kappa shape index (κ3) is 3.02. The van der Waals surface area contributed by atoms with Gasteiger partial charge >= 0.3 is 0 Å². The second kappa shape index (κ2) is 6.74. The van der Waals surface area contributed by atoms with Gasteiger partial charge in [0.2, 0.25) is 5.88 Å². The summed E-state index contributed by atoms with van der Waals surface area (Å²) in [6, 6.07) is 10.0. The van der Waals surface area contributed by atoms with Gasteiger partial charge < -0.3 is 9.64 Å². The first kappa shape index (κ1) is 16.9. The molecule has 1 aliphatic carbocycles. The maximum absolute atomic E-state index is 13.0. The maximum atomic E-state index is 13.0. The molecular formula is C21H21N5O2. The van der Waals surface area contributed by atoms with Crippen molar-refractivity contribution in [3.05, 3.63) is 59.4 Å². The monoisotopic (exact) mass is 375 g/mol. The minimum atomic E-state index is -0.00424. The van der Waals surface area contributed by atoms with Crippen molar-refractivity contribution in [2.75, 3.05) is 0 Å². The van der Waals surface area contributed by atoms with Gasteiger partial charge in [-0.2, -0.15) is 0 Å². The molecule has 2 aliphatic rings. The van der Waals surface area contributed by atoms with Crippen LogP contribution in [0.3, 0.4) is 0 Å². The fraction of sp³-hybridized carbons (Fsp3) is 0.333. The SMILES string of the molecule is Cn1cc(-c2ccc(CN3Cc4ccnc(OC5CCC5)c4C3=O)cc2)nn1. The number of benzene rings is 1. The average Bonchev–Trinajstić information content (AvgIpc) is 3.23. The summed E-state index contributed by atoms with van der Waals surface area (Å²) in [5.41, 5.74) is 4.54. The number of fused-ring (bicyclic) bond motifs is 1. The number of nitrogens with zero attached hydrogens (tertiary/aromatic N) is 5. The summed E-state index contributed by atoms with van der Waals surface area (Å²) in [5, 5.41) is 8.10. The Kier molecular flexibility index (Phi) is 4.07. The lowest BCUT2D eigenvalue weighted by atomic mass is 9.96. The molecule has 1 fully saturated rings. The first-order valence-corrected chi connectivity index (χ1v) is 9.57. The molecule has 0 spiro atoms. The van der Waals surface area contributed by atoms with Crippen LogP contribution in [0.4, 0.5) is 0 Å². The van der Waals surface area contributed by atoms with E-state index >= 15 is 0 Å². The van der Waals surface area contributed by atoms with Crippen molar-refractivity contribution in [3.63, 3.8) is 0 Å². The van der Waals surface area contributed by atoms with Crippen molar-refractivity contribution >= 4 is 5.91 Å². The Morgan fingerprint density at radius 1 is 1.18 bits per heavy atom. The van der Waals surface area contributed by atoms with Gasteiger partial charge in [0.05, 0.1) is 6.20 Å². The highest BCUT2D eigenvalue weighted by molar-refractivity contribution is 6.00. The highest BCUT2D eigenvalue weighted by atomic mass is 16.5. The van der Waals surface area contributed by atoms with Crippen LogP contribution >= 0.6 is 0 Å². The molecule has 1 saturated carbocycles. The summed E-state index contributed by atoms with van der Waals surface area (Å²) in [6.07, 6.45) is 7.09. The van der Waals surface area contributed by atoms with Gasteiger partial charge in [-0.25, -0.2) is 4.98 Å². The number of pyridine rings is 1. The van der Waals surface area contributed by atoms with E-state index in [4.69, 9.17) is 4.74 Å².